The number of hydrogen-bond acceptors (Lipinski definition) is 7. The van der Waals surface area contributed by atoms with Gasteiger partial charge in [0.15, 0.2) is 0 Å². The van der Waals surface area contributed by atoms with Crippen LogP contribution in [0.2, 0.25) is 0 Å². The lowest BCUT2D eigenvalue weighted by Gasteiger charge is -2.13. The molecule has 9 heteroatoms. The minimum absolute atomic E-state index is 0.147. The summed E-state index contributed by atoms with van der Waals surface area (Å²) < 4.78 is 7.40. The van der Waals surface area contributed by atoms with Crippen LogP contribution in [0, 0.1) is 0 Å². The highest BCUT2D eigenvalue weighted by atomic mass is 32.2. The Hall–Kier alpha value is -2.23. The number of fused-ring (bicyclic) bond motifs is 1. The molecule has 166 valence electrons. The van der Waals surface area contributed by atoms with Gasteiger partial charge in [0, 0.05) is 32.5 Å². The molecular weight excluding hydrogens is 432 g/mol. The minimum atomic E-state index is -0.228. The standard InChI is InChI=1S/C22H28N4O3S2/c1-3-5-7-13-26-21(28)17(31-22(26)30)15-16-19(23-11-9-14-29-4-2)24-18-10-6-8-12-25(18)20(16)27/h6,8,10,12,15,23H,3-5,7,9,11,13-14H2,1-2H3/b17-15-. The maximum absolute atomic E-state index is 13.2. The smallest absolute Gasteiger partial charge is 0.267 e. The Morgan fingerprint density at radius 2 is 2.06 bits per heavy atom. The normalized spacial score (nSPS) is 15.4. The van der Waals surface area contributed by atoms with Gasteiger partial charge in [0.05, 0.1) is 10.5 Å². The van der Waals surface area contributed by atoms with Crippen molar-refractivity contribution in [3.8, 4) is 0 Å². The quantitative estimate of drug-likeness (QED) is 0.309. The van der Waals surface area contributed by atoms with Gasteiger partial charge in [0.2, 0.25) is 0 Å². The van der Waals surface area contributed by atoms with E-state index in [2.05, 4.69) is 17.2 Å². The molecule has 0 radical (unpaired) electrons. The van der Waals surface area contributed by atoms with Crippen molar-refractivity contribution in [2.75, 3.05) is 31.6 Å². The van der Waals surface area contributed by atoms with Crippen LogP contribution in [0.3, 0.4) is 0 Å². The fraction of sp³-hybridized carbons (Fsp3) is 0.455. The van der Waals surface area contributed by atoms with Crippen molar-refractivity contribution in [3.05, 3.63) is 45.2 Å². The van der Waals surface area contributed by atoms with Crippen molar-refractivity contribution in [2.24, 2.45) is 0 Å². The molecule has 0 atom stereocenters. The van der Waals surface area contributed by atoms with E-state index in [1.54, 1.807) is 29.3 Å². The molecule has 1 aliphatic heterocycles. The fourth-order valence-electron chi connectivity index (χ4n) is 3.24. The van der Waals surface area contributed by atoms with Crippen LogP contribution in [0.15, 0.2) is 34.1 Å². The summed E-state index contributed by atoms with van der Waals surface area (Å²) in [5.74, 6) is 0.315. The molecule has 0 unspecified atom stereocenters. The van der Waals surface area contributed by atoms with E-state index in [1.807, 2.05) is 13.0 Å². The number of unbranched alkanes of at least 4 members (excludes halogenated alkanes) is 2. The number of thiocarbonyl (C=S) groups is 1. The van der Waals surface area contributed by atoms with Gasteiger partial charge >= 0.3 is 0 Å². The summed E-state index contributed by atoms with van der Waals surface area (Å²) in [6.07, 6.45) is 7.10. The van der Waals surface area contributed by atoms with Crippen LogP contribution >= 0.6 is 24.0 Å². The Kier molecular flexibility index (Phi) is 8.62. The molecule has 3 rings (SSSR count). The van der Waals surface area contributed by atoms with Gasteiger partial charge in [-0.2, -0.15) is 0 Å². The molecule has 0 spiro atoms. The zero-order chi connectivity index (χ0) is 22.2. The van der Waals surface area contributed by atoms with Gasteiger partial charge in [-0.05, 0) is 38.0 Å². The maximum Gasteiger partial charge on any atom is 0.267 e. The first-order valence-electron chi connectivity index (χ1n) is 10.6. The van der Waals surface area contributed by atoms with E-state index in [0.29, 0.717) is 52.6 Å². The van der Waals surface area contributed by atoms with Crippen LogP contribution in [0.4, 0.5) is 5.82 Å². The van der Waals surface area contributed by atoms with Crippen LogP contribution in [-0.2, 0) is 9.53 Å². The van der Waals surface area contributed by atoms with E-state index in [1.165, 1.54) is 16.2 Å². The molecular formula is C22H28N4O3S2. The predicted molar refractivity (Wildman–Crippen MR) is 130 cm³/mol. The average molecular weight is 461 g/mol. The maximum atomic E-state index is 13.2. The summed E-state index contributed by atoms with van der Waals surface area (Å²) in [7, 11) is 0. The first-order chi connectivity index (χ1) is 15.1. The Morgan fingerprint density at radius 1 is 1.23 bits per heavy atom. The molecule has 0 aliphatic carbocycles. The lowest BCUT2D eigenvalue weighted by Crippen LogP contribution is -2.29. The van der Waals surface area contributed by atoms with E-state index in [4.69, 9.17) is 17.0 Å². The van der Waals surface area contributed by atoms with Gasteiger partial charge in [-0.3, -0.25) is 18.9 Å². The lowest BCUT2D eigenvalue weighted by atomic mass is 10.2. The minimum Gasteiger partial charge on any atom is -0.382 e. The zero-order valence-electron chi connectivity index (χ0n) is 17.9. The first kappa shape index (κ1) is 23.4. The van der Waals surface area contributed by atoms with Crippen molar-refractivity contribution in [1.29, 1.82) is 0 Å². The number of aromatic nitrogens is 2. The van der Waals surface area contributed by atoms with Gasteiger partial charge in [-0.1, -0.05) is 49.8 Å². The largest absolute Gasteiger partial charge is 0.382 e. The highest BCUT2D eigenvalue weighted by Gasteiger charge is 2.32. The predicted octanol–water partition coefficient (Wildman–Crippen LogP) is 3.92. The molecule has 7 nitrogen and oxygen atoms in total. The van der Waals surface area contributed by atoms with Crippen molar-refractivity contribution >= 4 is 51.7 Å². The molecule has 1 aliphatic rings. The average Bonchev–Trinajstić information content (AvgIpc) is 3.03. The SMILES string of the molecule is CCCCCN1C(=O)/C(=C/c2c(NCCCOCC)nc3ccccn3c2=O)SC1=S. The monoisotopic (exact) mass is 460 g/mol. The van der Waals surface area contributed by atoms with E-state index < -0.39 is 0 Å². The molecule has 3 heterocycles. The van der Waals surface area contributed by atoms with Gasteiger partial charge in [0.1, 0.15) is 15.8 Å². The number of nitrogens with zero attached hydrogens (tertiary/aromatic N) is 3. The second-order valence-electron chi connectivity index (χ2n) is 7.13. The molecule has 2 aromatic heterocycles. The van der Waals surface area contributed by atoms with Crippen LogP contribution in [-0.4, -0.2) is 50.8 Å². The number of rotatable bonds is 11. The number of carbonyl (C=O) groups excluding carboxylic acids is 1. The number of thioether (sulfide) groups is 1. The number of hydrogen-bond donors (Lipinski definition) is 1. The van der Waals surface area contributed by atoms with Crippen LogP contribution < -0.4 is 10.9 Å². The Morgan fingerprint density at radius 3 is 2.84 bits per heavy atom. The first-order valence-corrected chi connectivity index (χ1v) is 11.9. The Labute approximate surface area is 191 Å². The highest BCUT2D eigenvalue weighted by Crippen LogP contribution is 2.33. The molecule has 31 heavy (non-hydrogen) atoms. The van der Waals surface area contributed by atoms with Crippen molar-refractivity contribution < 1.29 is 9.53 Å². The zero-order valence-corrected chi connectivity index (χ0v) is 19.6. The van der Waals surface area contributed by atoms with Gasteiger partial charge in [0.25, 0.3) is 11.5 Å². The second kappa shape index (κ2) is 11.4. The lowest BCUT2D eigenvalue weighted by molar-refractivity contribution is -0.122. The van der Waals surface area contributed by atoms with Gasteiger partial charge in [-0.25, -0.2) is 4.98 Å². The summed E-state index contributed by atoms with van der Waals surface area (Å²) in [6.45, 7) is 6.58. The molecule has 1 fully saturated rings. The molecule has 1 amide bonds. The molecule has 0 aromatic carbocycles. The number of amides is 1. The second-order valence-corrected chi connectivity index (χ2v) is 8.80. The fourth-order valence-corrected chi connectivity index (χ4v) is 4.53. The third-order valence-electron chi connectivity index (χ3n) is 4.87. The van der Waals surface area contributed by atoms with E-state index in [0.717, 1.165) is 25.7 Å². The van der Waals surface area contributed by atoms with Crippen LogP contribution in [0.1, 0.15) is 45.1 Å². The van der Waals surface area contributed by atoms with Crippen molar-refractivity contribution in [1.82, 2.24) is 14.3 Å². The Bertz CT molecular complexity index is 1040. The summed E-state index contributed by atoms with van der Waals surface area (Å²) in [4.78, 5) is 32.8. The molecule has 2 aromatic rings. The molecule has 0 bridgehead atoms. The van der Waals surface area contributed by atoms with Gasteiger partial charge < -0.3 is 10.1 Å². The van der Waals surface area contributed by atoms with Crippen LogP contribution in [0.5, 0.6) is 0 Å². The van der Waals surface area contributed by atoms with Gasteiger partial charge in [-0.15, -0.1) is 0 Å². The number of ether oxygens (including phenoxy) is 1. The number of nitrogens with one attached hydrogen (secondary N) is 1. The molecule has 1 saturated heterocycles. The number of pyridine rings is 1. The summed E-state index contributed by atoms with van der Waals surface area (Å²) >= 11 is 6.65. The number of anilines is 1. The number of carbonyl (C=O) groups is 1. The van der Waals surface area contributed by atoms with E-state index in [9.17, 15) is 9.59 Å². The van der Waals surface area contributed by atoms with Crippen molar-refractivity contribution in [2.45, 2.75) is 39.5 Å². The summed E-state index contributed by atoms with van der Waals surface area (Å²) in [6, 6.07) is 5.40. The van der Waals surface area contributed by atoms with Crippen LogP contribution in [0.25, 0.3) is 11.7 Å². The summed E-state index contributed by atoms with van der Waals surface area (Å²) in [5, 5.41) is 3.24. The van der Waals surface area contributed by atoms with Crippen molar-refractivity contribution in [3.63, 3.8) is 0 Å². The topological polar surface area (TPSA) is 75.9 Å². The highest BCUT2D eigenvalue weighted by molar-refractivity contribution is 8.26. The molecule has 0 saturated carbocycles. The Balaban J connectivity index is 1.91. The third-order valence-corrected chi connectivity index (χ3v) is 6.24. The molecule has 1 N–H and O–H groups in total. The third kappa shape index (κ3) is 5.72. The summed E-state index contributed by atoms with van der Waals surface area (Å²) in [5.41, 5.74) is 0.674. The van der Waals surface area contributed by atoms with E-state index in [-0.39, 0.29) is 11.5 Å². The van der Waals surface area contributed by atoms with E-state index >= 15 is 0 Å².